The summed E-state index contributed by atoms with van der Waals surface area (Å²) < 4.78 is 1.83. The highest BCUT2D eigenvalue weighted by Gasteiger charge is 2.00. The Hall–Kier alpha value is -1.82. The molecule has 0 aliphatic heterocycles. The minimum absolute atomic E-state index is 0.723. The van der Waals surface area contributed by atoms with Gasteiger partial charge in [-0.15, -0.1) is 11.3 Å². The first kappa shape index (κ1) is 15.6. The number of aromatic nitrogens is 2. The second-order valence-electron chi connectivity index (χ2n) is 4.91. The van der Waals surface area contributed by atoms with E-state index in [-0.39, 0.29) is 0 Å². The SMILES string of the molecule is CCNC(=NCc1ccc(C)s1)NCCc1cnn(C)c1. The van der Waals surface area contributed by atoms with Gasteiger partial charge in [0.1, 0.15) is 0 Å². The summed E-state index contributed by atoms with van der Waals surface area (Å²) in [7, 11) is 1.94. The largest absolute Gasteiger partial charge is 0.357 e. The van der Waals surface area contributed by atoms with Crippen LogP contribution in [0.3, 0.4) is 0 Å². The molecule has 114 valence electrons. The molecule has 0 saturated carbocycles. The number of hydrogen-bond donors (Lipinski definition) is 2. The lowest BCUT2D eigenvalue weighted by atomic mass is 10.2. The van der Waals surface area contributed by atoms with Crippen molar-refractivity contribution >= 4 is 17.3 Å². The molecule has 0 spiro atoms. The average molecular weight is 305 g/mol. The predicted octanol–water partition coefficient (Wildman–Crippen LogP) is 2.09. The molecule has 2 aromatic rings. The third-order valence-corrected chi connectivity index (χ3v) is 3.98. The molecule has 0 fully saturated rings. The van der Waals surface area contributed by atoms with Crippen LogP contribution in [0.15, 0.2) is 29.5 Å². The van der Waals surface area contributed by atoms with Crippen LogP contribution < -0.4 is 10.6 Å². The van der Waals surface area contributed by atoms with E-state index in [4.69, 9.17) is 0 Å². The quantitative estimate of drug-likeness (QED) is 0.635. The Bertz CT molecular complexity index is 584. The van der Waals surface area contributed by atoms with Gasteiger partial charge in [-0.1, -0.05) is 0 Å². The average Bonchev–Trinajstić information content (AvgIpc) is 3.05. The van der Waals surface area contributed by atoms with Gasteiger partial charge in [-0.3, -0.25) is 4.68 Å². The fraction of sp³-hybridized carbons (Fsp3) is 0.467. The highest BCUT2D eigenvalue weighted by Crippen LogP contribution is 2.15. The molecule has 0 saturated heterocycles. The zero-order valence-corrected chi connectivity index (χ0v) is 13.7. The summed E-state index contributed by atoms with van der Waals surface area (Å²) >= 11 is 1.80. The molecule has 0 atom stereocenters. The van der Waals surface area contributed by atoms with E-state index < -0.39 is 0 Å². The zero-order valence-electron chi connectivity index (χ0n) is 12.9. The van der Waals surface area contributed by atoms with Gasteiger partial charge in [0.2, 0.25) is 0 Å². The topological polar surface area (TPSA) is 54.2 Å². The molecule has 6 heteroatoms. The number of nitrogens with zero attached hydrogens (tertiary/aromatic N) is 3. The number of aryl methyl sites for hydroxylation is 2. The van der Waals surface area contributed by atoms with Gasteiger partial charge in [0.15, 0.2) is 5.96 Å². The molecule has 2 aromatic heterocycles. The molecule has 0 aliphatic carbocycles. The van der Waals surface area contributed by atoms with Crippen LogP contribution in [0.5, 0.6) is 0 Å². The van der Waals surface area contributed by atoms with Gasteiger partial charge in [0.25, 0.3) is 0 Å². The first-order valence-electron chi connectivity index (χ1n) is 7.22. The molecular formula is C15H23N5S. The van der Waals surface area contributed by atoms with Gasteiger partial charge >= 0.3 is 0 Å². The number of hydrogen-bond acceptors (Lipinski definition) is 3. The van der Waals surface area contributed by atoms with Crippen molar-refractivity contribution in [3.8, 4) is 0 Å². The molecular weight excluding hydrogens is 282 g/mol. The lowest BCUT2D eigenvalue weighted by molar-refractivity contribution is 0.765. The summed E-state index contributed by atoms with van der Waals surface area (Å²) in [5.41, 5.74) is 1.23. The zero-order chi connectivity index (χ0) is 15.1. The van der Waals surface area contributed by atoms with Gasteiger partial charge in [-0.2, -0.15) is 5.10 Å². The highest BCUT2D eigenvalue weighted by atomic mass is 32.1. The van der Waals surface area contributed by atoms with Crippen molar-refractivity contribution in [2.45, 2.75) is 26.8 Å². The van der Waals surface area contributed by atoms with E-state index >= 15 is 0 Å². The Morgan fingerprint density at radius 3 is 2.86 bits per heavy atom. The van der Waals surface area contributed by atoms with E-state index in [2.05, 4.69) is 46.7 Å². The monoisotopic (exact) mass is 305 g/mol. The second kappa shape index (κ2) is 7.83. The van der Waals surface area contributed by atoms with E-state index in [1.807, 2.05) is 24.1 Å². The summed E-state index contributed by atoms with van der Waals surface area (Å²) in [4.78, 5) is 7.23. The molecule has 2 N–H and O–H groups in total. The predicted molar refractivity (Wildman–Crippen MR) is 88.8 cm³/mol. The molecule has 2 rings (SSSR count). The Morgan fingerprint density at radius 2 is 2.24 bits per heavy atom. The molecule has 0 bridgehead atoms. The van der Waals surface area contributed by atoms with E-state index in [0.29, 0.717) is 0 Å². The summed E-state index contributed by atoms with van der Waals surface area (Å²) in [6.07, 6.45) is 4.89. The molecule has 0 aromatic carbocycles. The Kier molecular flexibility index (Phi) is 5.80. The Labute approximate surface area is 130 Å². The van der Waals surface area contributed by atoms with Crippen molar-refractivity contribution in [2.75, 3.05) is 13.1 Å². The van der Waals surface area contributed by atoms with Crippen molar-refractivity contribution < 1.29 is 0 Å². The van der Waals surface area contributed by atoms with Crippen molar-refractivity contribution in [2.24, 2.45) is 12.0 Å². The van der Waals surface area contributed by atoms with E-state index in [1.54, 1.807) is 11.3 Å². The molecule has 0 radical (unpaired) electrons. The molecule has 0 amide bonds. The number of guanidine groups is 1. The molecule has 2 heterocycles. The van der Waals surface area contributed by atoms with Crippen molar-refractivity contribution in [1.29, 1.82) is 0 Å². The Morgan fingerprint density at radius 1 is 1.38 bits per heavy atom. The minimum Gasteiger partial charge on any atom is -0.357 e. The van der Waals surface area contributed by atoms with Gasteiger partial charge in [0.05, 0.1) is 12.7 Å². The van der Waals surface area contributed by atoms with Gasteiger partial charge < -0.3 is 10.6 Å². The maximum Gasteiger partial charge on any atom is 0.191 e. The van der Waals surface area contributed by atoms with E-state index in [0.717, 1.165) is 32.0 Å². The van der Waals surface area contributed by atoms with Crippen molar-refractivity contribution in [3.63, 3.8) is 0 Å². The van der Waals surface area contributed by atoms with Gasteiger partial charge in [0, 0.05) is 36.1 Å². The molecule has 0 aliphatic rings. The third-order valence-electron chi connectivity index (χ3n) is 3.00. The second-order valence-corrected chi connectivity index (χ2v) is 6.28. The standard InChI is InChI=1S/C15H23N5S/c1-4-16-15(18-10-14-6-5-12(2)21-14)17-8-7-13-9-19-20(3)11-13/h5-6,9,11H,4,7-8,10H2,1-3H3,(H2,16,17,18). The normalized spacial score (nSPS) is 11.7. The highest BCUT2D eigenvalue weighted by molar-refractivity contribution is 7.11. The first-order chi connectivity index (χ1) is 10.2. The van der Waals surface area contributed by atoms with E-state index in [1.165, 1.54) is 15.3 Å². The van der Waals surface area contributed by atoms with Crippen LogP contribution >= 0.6 is 11.3 Å². The minimum atomic E-state index is 0.723. The van der Waals surface area contributed by atoms with Crippen LogP contribution in [0.4, 0.5) is 0 Å². The summed E-state index contributed by atoms with van der Waals surface area (Å²) in [5, 5.41) is 10.8. The van der Waals surface area contributed by atoms with Crippen LogP contribution in [-0.4, -0.2) is 28.8 Å². The van der Waals surface area contributed by atoms with Crippen molar-refractivity contribution in [3.05, 3.63) is 39.8 Å². The summed E-state index contributed by atoms with van der Waals surface area (Å²) in [5.74, 6) is 0.868. The molecule has 21 heavy (non-hydrogen) atoms. The fourth-order valence-electron chi connectivity index (χ4n) is 2.00. The van der Waals surface area contributed by atoms with Gasteiger partial charge in [-0.05, 0) is 38.0 Å². The smallest absolute Gasteiger partial charge is 0.191 e. The van der Waals surface area contributed by atoms with Gasteiger partial charge in [-0.25, -0.2) is 4.99 Å². The fourth-order valence-corrected chi connectivity index (χ4v) is 2.81. The lowest BCUT2D eigenvalue weighted by Crippen LogP contribution is -2.38. The number of nitrogens with one attached hydrogen (secondary N) is 2. The molecule has 5 nitrogen and oxygen atoms in total. The first-order valence-corrected chi connectivity index (χ1v) is 8.04. The molecule has 0 unspecified atom stereocenters. The maximum atomic E-state index is 4.62. The number of rotatable bonds is 6. The van der Waals surface area contributed by atoms with Crippen LogP contribution in [-0.2, 0) is 20.0 Å². The summed E-state index contributed by atoms with van der Waals surface area (Å²) in [6, 6.07) is 4.28. The van der Waals surface area contributed by atoms with Crippen molar-refractivity contribution in [1.82, 2.24) is 20.4 Å². The Balaban J connectivity index is 1.83. The van der Waals surface area contributed by atoms with Crippen LogP contribution in [0.1, 0.15) is 22.2 Å². The number of thiophene rings is 1. The van der Waals surface area contributed by atoms with Crippen LogP contribution in [0.2, 0.25) is 0 Å². The summed E-state index contributed by atoms with van der Waals surface area (Å²) in [6.45, 7) is 6.63. The van der Waals surface area contributed by atoms with Crippen LogP contribution in [0.25, 0.3) is 0 Å². The van der Waals surface area contributed by atoms with Crippen LogP contribution in [0, 0.1) is 6.92 Å². The lowest BCUT2D eigenvalue weighted by Gasteiger charge is -2.10. The number of aliphatic imine (C=N–C) groups is 1. The third kappa shape index (κ3) is 5.23. The van der Waals surface area contributed by atoms with E-state index in [9.17, 15) is 0 Å². The maximum absolute atomic E-state index is 4.62.